The predicted octanol–water partition coefficient (Wildman–Crippen LogP) is 1.82. The summed E-state index contributed by atoms with van der Waals surface area (Å²) in [5.41, 5.74) is 0.480. The molecule has 2 aromatic rings. The van der Waals surface area contributed by atoms with Crippen LogP contribution in [0.1, 0.15) is 12.6 Å². The van der Waals surface area contributed by atoms with Gasteiger partial charge >= 0.3 is 11.9 Å². The molecule has 0 saturated heterocycles. The zero-order valence-electron chi connectivity index (χ0n) is 15.4. The van der Waals surface area contributed by atoms with E-state index < -0.39 is 24.5 Å². The Morgan fingerprint density at radius 1 is 1.04 bits per heavy atom. The summed E-state index contributed by atoms with van der Waals surface area (Å²) in [6.45, 7) is 1.63. The normalized spacial score (nSPS) is 10.1. The van der Waals surface area contributed by atoms with Gasteiger partial charge in [0, 0.05) is 5.38 Å². The molecular weight excluding hydrogens is 388 g/mol. The van der Waals surface area contributed by atoms with Crippen molar-refractivity contribution in [2.24, 2.45) is 0 Å². The molecule has 0 spiro atoms. The molecular formula is C18H20N2O7S. The summed E-state index contributed by atoms with van der Waals surface area (Å²) in [5, 5.41) is 4.41. The van der Waals surface area contributed by atoms with Crippen molar-refractivity contribution < 1.29 is 33.3 Å². The molecule has 1 aromatic carbocycles. The lowest BCUT2D eigenvalue weighted by Crippen LogP contribution is -2.23. The standard InChI is InChI=1S/C18H20N2O7S/c1-3-25-13-4-6-14(7-5-13)26-10-17(23)27-9-15(21)20-18-19-12(11-28-18)8-16(22)24-2/h4-7,11H,3,8-10H2,1-2H3,(H,19,20,21). The minimum atomic E-state index is -0.686. The highest BCUT2D eigenvalue weighted by Crippen LogP contribution is 2.18. The summed E-state index contributed by atoms with van der Waals surface area (Å²) in [4.78, 5) is 38.7. The van der Waals surface area contributed by atoms with Crippen LogP contribution in [0.5, 0.6) is 11.5 Å². The number of carbonyl (C=O) groups is 3. The number of nitrogens with zero attached hydrogens (tertiary/aromatic N) is 1. The fraction of sp³-hybridized carbons (Fsp3) is 0.333. The minimum absolute atomic E-state index is 0.0146. The van der Waals surface area contributed by atoms with Gasteiger partial charge in [0.15, 0.2) is 18.3 Å². The first-order valence-electron chi connectivity index (χ1n) is 8.32. The third-order valence-corrected chi connectivity index (χ3v) is 4.01. The number of rotatable bonds is 10. The van der Waals surface area contributed by atoms with Gasteiger partial charge in [0.25, 0.3) is 5.91 Å². The largest absolute Gasteiger partial charge is 0.494 e. The Balaban J connectivity index is 1.69. The molecule has 2 rings (SSSR count). The van der Waals surface area contributed by atoms with Crippen molar-refractivity contribution in [1.29, 1.82) is 0 Å². The number of ether oxygens (including phenoxy) is 4. The average molecular weight is 408 g/mol. The molecule has 9 nitrogen and oxygen atoms in total. The zero-order valence-corrected chi connectivity index (χ0v) is 16.2. The molecule has 0 atom stereocenters. The van der Waals surface area contributed by atoms with E-state index in [2.05, 4.69) is 15.0 Å². The molecule has 0 aliphatic rings. The van der Waals surface area contributed by atoms with Crippen molar-refractivity contribution in [3.05, 3.63) is 35.3 Å². The van der Waals surface area contributed by atoms with Gasteiger partial charge in [-0.1, -0.05) is 0 Å². The number of thiazole rings is 1. The average Bonchev–Trinajstić information content (AvgIpc) is 3.12. The fourth-order valence-electron chi connectivity index (χ4n) is 1.95. The molecule has 1 N–H and O–H groups in total. The Hall–Kier alpha value is -3.14. The molecule has 0 unspecified atom stereocenters. The summed E-state index contributed by atoms with van der Waals surface area (Å²) >= 11 is 1.15. The molecule has 150 valence electrons. The van der Waals surface area contributed by atoms with Gasteiger partial charge in [-0.3, -0.25) is 14.9 Å². The van der Waals surface area contributed by atoms with Crippen LogP contribution in [0.25, 0.3) is 0 Å². The Bertz CT molecular complexity index is 805. The molecule has 0 saturated carbocycles. The van der Waals surface area contributed by atoms with Crippen molar-refractivity contribution in [2.45, 2.75) is 13.3 Å². The Kier molecular flexibility index (Phi) is 8.22. The molecule has 0 radical (unpaired) electrons. The first-order valence-corrected chi connectivity index (χ1v) is 9.20. The molecule has 10 heteroatoms. The molecule has 0 aliphatic heterocycles. The topological polar surface area (TPSA) is 113 Å². The number of methoxy groups -OCH3 is 1. The maximum Gasteiger partial charge on any atom is 0.344 e. The quantitative estimate of drug-likeness (QED) is 0.592. The summed E-state index contributed by atoms with van der Waals surface area (Å²) in [5.74, 6) is -0.482. The number of amides is 1. The van der Waals surface area contributed by atoms with E-state index >= 15 is 0 Å². The van der Waals surface area contributed by atoms with Gasteiger partial charge in [0.2, 0.25) is 0 Å². The van der Waals surface area contributed by atoms with Gasteiger partial charge in [0.05, 0.1) is 25.8 Å². The number of esters is 2. The van der Waals surface area contributed by atoms with Crippen LogP contribution in [-0.2, 0) is 30.3 Å². The van der Waals surface area contributed by atoms with Crippen molar-refractivity contribution in [2.75, 3.05) is 32.2 Å². The monoisotopic (exact) mass is 408 g/mol. The van der Waals surface area contributed by atoms with Gasteiger partial charge in [-0.25, -0.2) is 9.78 Å². The smallest absolute Gasteiger partial charge is 0.344 e. The molecule has 0 bridgehead atoms. The second-order valence-electron chi connectivity index (χ2n) is 5.30. The van der Waals surface area contributed by atoms with Gasteiger partial charge in [-0.15, -0.1) is 11.3 Å². The first-order chi connectivity index (χ1) is 13.5. The number of aromatic nitrogens is 1. The van der Waals surface area contributed by atoms with E-state index in [1.807, 2.05) is 6.92 Å². The number of nitrogens with one attached hydrogen (secondary N) is 1. The van der Waals surface area contributed by atoms with E-state index in [9.17, 15) is 14.4 Å². The Morgan fingerprint density at radius 2 is 1.71 bits per heavy atom. The van der Waals surface area contributed by atoms with Gasteiger partial charge in [-0.05, 0) is 31.2 Å². The molecule has 1 heterocycles. The van der Waals surface area contributed by atoms with Crippen molar-refractivity contribution in [3.63, 3.8) is 0 Å². The third-order valence-electron chi connectivity index (χ3n) is 3.21. The zero-order chi connectivity index (χ0) is 20.4. The minimum Gasteiger partial charge on any atom is -0.494 e. The van der Waals surface area contributed by atoms with E-state index in [0.29, 0.717) is 28.9 Å². The predicted molar refractivity (Wildman–Crippen MR) is 101 cm³/mol. The lowest BCUT2D eigenvalue weighted by atomic mass is 10.3. The van der Waals surface area contributed by atoms with E-state index in [1.54, 1.807) is 29.6 Å². The first kappa shape index (κ1) is 21.2. The summed E-state index contributed by atoms with van der Waals surface area (Å²) in [6, 6.07) is 6.78. The van der Waals surface area contributed by atoms with Crippen LogP contribution in [0.3, 0.4) is 0 Å². The maximum absolute atomic E-state index is 11.8. The summed E-state index contributed by atoms with van der Waals surface area (Å²) in [6.07, 6.45) is 0.0146. The summed E-state index contributed by atoms with van der Waals surface area (Å²) in [7, 11) is 1.28. The lowest BCUT2D eigenvalue weighted by Gasteiger charge is -2.08. The van der Waals surface area contributed by atoms with Crippen LogP contribution in [-0.4, -0.2) is 49.8 Å². The van der Waals surface area contributed by atoms with E-state index in [0.717, 1.165) is 11.3 Å². The van der Waals surface area contributed by atoms with Gasteiger partial charge in [0.1, 0.15) is 11.5 Å². The van der Waals surface area contributed by atoms with Crippen LogP contribution in [0.4, 0.5) is 5.13 Å². The lowest BCUT2D eigenvalue weighted by molar-refractivity contribution is -0.149. The van der Waals surface area contributed by atoms with Crippen LogP contribution in [0.15, 0.2) is 29.6 Å². The Morgan fingerprint density at radius 3 is 2.36 bits per heavy atom. The maximum atomic E-state index is 11.8. The fourth-order valence-corrected chi connectivity index (χ4v) is 2.68. The van der Waals surface area contributed by atoms with Crippen molar-refractivity contribution >= 4 is 34.3 Å². The van der Waals surface area contributed by atoms with Crippen LogP contribution < -0.4 is 14.8 Å². The van der Waals surface area contributed by atoms with Gasteiger partial charge < -0.3 is 18.9 Å². The molecule has 28 heavy (non-hydrogen) atoms. The van der Waals surface area contributed by atoms with Gasteiger partial charge in [-0.2, -0.15) is 0 Å². The molecule has 0 aliphatic carbocycles. The number of hydrogen-bond donors (Lipinski definition) is 1. The molecule has 0 fully saturated rings. The SMILES string of the molecule is CCOc1ccc(OCC(=O)OCC(=O)Nc2nc(CC(=O)OC)cs2)cc1. The molecule has 1 amide bonds. The van der Waals surface area contributed by atoms with E-state index in [4.69, 9.17) is 14.2 Å². The third kappa shape index (κ3) is 7.23. The van der Waals surface area contributed by atoms with Crippen molar-refractivity contribution in [3.8, 4) is 11.5 Å². The highest BCUT2D eigenvalue weighted by molar-refractivity contribution is 7.13. The number of carbonyl (C=O) groups excluding carboxylic acids is 3. The van der Waals surface area contributed by atoms with Crippen LogP contribution >= 0.6 is 11.3 Å². The Labute approximate surface area is 165 Å². The molecule has 1 aromatic heterocycles. The van der Waals surface area contributed by atoms with E-state index in [1.165, 1.54) is 7.11 Å². The van der Waals surface area contributed by atoms with Crippen LogP contribution in [0.2, 0.25) is 0 Å². The van der Waals surface area contributed by atoms with Crippen molar-refractivity contribution in [1.82, 2.24) is 4.98 Å². The highest BCUT2D eigenvalue weighted by Gasteiger charge is 2.12. The van der Waals surface area contributed by atoms with Crippen LogP contribution in [0, 0.1) is 0 Å². The number of benzene rings is 1. The highest BCUT2D eigenvalue weighted by atomic mass is 32.1. The second-order valence-corrected chi connectivity index (χ2v) is 6.16. The number of anilines is 1. The van der Waals surface area contributed by atoms with E-state index in [-0.39, 0.29) is 13.0 Å². The number of hydrogen-bond acceptors (Lipinski definition) is 9. The second kappa shape index (κ2) is 10.9. The summed E-state index contributed by atoms with van der Waals surface area (Å²) < 4.78 is 20.0.